The van der Waals surface area contributed by atoms with Gasteiger partial charge in [-0.25, -0.2) is 0 Å². The number of benzene rings is 1. The molecule has 0 fully saturated rings. The average Bonchev–Trinajstić information content (AvgIpc) is 2.70. The second-order valence-corrected chi connectivity index (χ2v) is 4.27. The lowest BCUT2D eigenvalue weighted by Gasteiger charge is -2.01. The Bertz CT molecular complexity index is 476. The summed E-state index contributed by atoms with van der Waals surface area (Å²) in [5.41, 5.74) is 2.61. The van der Waals surface area contributed by atoms with Crippen molar-refractivity contribution in [2.75, 3.05) is 13.2 Å². The predicted octanol–water partition coefficient (Wildman–Crippen LogP) is 2.13. The number of aryl methyl sites for hydroxylation is 1. The molecule has 2 aromatic rings. The highest BCUT2D eigenvalue weighted by Crippen LogP contribution is 2.21. The molecule has 0 saturated carbocycles. The van der Waals surface area contributed by atoms with Crippen molar-refractivity contribution >= 4 is 10.9 Å². The molecule has 0 bridgehead atoms. The lowest BCUT2D eigenvalue weighted by Crippen LogP contribution is -2.17. The van der Waals surface area contributed by atoms with Crippen molar-refractivity contribution in [3.63, 3.8) is 0 Å². The summed E-state index contributed by atoms with van der Waals surface area (Å²) in [6.07, 6.45) is 3.36. The van der Waals surface area contributed by atoms with E-state index in [1.54, 1.807) is 0 Å². The Kier molecular flexibility index (Phi) is 4.18. The first-order valence-electron chi connectivity index (χ1n) is 6.25. The van der Waals surface area contributed by atoms with Gasteiger partial charge in [-0.2, -0.15) is 0 Å². The maximum atomic E-state index is 8.78. The van der Waals surface area contributed by atoms with E-state index in [0.717, 1.165) is 19.5 Å². The third-order valence-electron chi connectivity index (χ3n) is 2.94. The molecule has 0 amide bonds. The highest BCUT2D eigenvalue weighted by Gasteiger charge is 2.06. The second kappa shape index (κ2) is 5.84. The van der Waals surface area contributed by atoms with Crippen LogP contribution in [-0.2, 0) is 13.1 Å². The zero-order valence-corrected chi connectivity index (χ0v) is 10.3. The minimum atomic E-state index is 0.188. The van der Waals surface area contributed by atoms with Gasteiger partial charge in [0.2, 0.25) is 0 Å². The zero-order chi connectivity index (χ0) is 12.1. The molecule has 3 heteroatoms. The molecule has 0 spiro atoms. The van der Waals surface area contributed by atoms with E-state index in [1.807, 2.05) is 0 Å². The van der Waals surface area contributed by atoms with E-state index in [2.05, 4.69) is 47.3 Å². The molecule has 0 saturated heterocycles. The molecular formula is C14H20N2O. The Morgan fingerprint density at radius 1 is 1.29 bits per heavy atom. The van der Waals surface area contributed by atoms with Gasteiger partial charge in [-0.15, -0.1) is 0 Å². The third-order valence-corrected chi connectivity index (χ3v) is 2.94. The highest BCUT2D eigenvalue weighted by molar-refractivity contribution is 5.83. The number of aliphatic hydroxyl groups excluding tert-OH is 1. The third kappa shape index (κ3) is 2.68. The maximum absolute atomic E-state index is 8.78. The van der Waals surface area contributed by atoms with Crippen LogP contribution in [0.2, 0.25) is 0 Å². The van der Waals surface area contributed by atoms with Gasteiger partial charge in [0.15, 0.2) is 0 Å². The monoisotopic (exact) mass is 232 g/mol. The summed E-state index contributed by atoms with van der Waals surface area (Å²) < 4.78 is 2.31. The maximum Gasteiger partial charge on any atom is 0.0556 e. The molecule has 92 valence electrons. The number of rotatable bonds is 6. The molecule has 0 unspecified atom stereocenters. The molecule has 3 nitrogen and oxygen atoms in total. The molecule has 0 aliphatic carbocycles. The lowest BCUT2D eigenvalue weighted by atomic mass is 10.2. The first-order chi connectivity index (χ1) is 8.36. The fraction of sp³-hybridized carbons (Fsp3) is 0.429. The van der Waals surface area contributed by atoms with E-state index < -0.39 is 0 Å². The van der Waals surface area contributed by atoms with Crippen LogP contribution in [0, 0.1) is 0 Å². The van der Waals surface area contributed by atoms with Crippen molar-refractivity contribution in [1.29, 1.82) is 0 Å². The van der Waals surface area contributed by atoms with E-state index in [0.29, 0.717) is 6.54 Å². The first-order valence-corrected chi connectivity index (χ1v) is 6.25. The zero-order valence-electron chi connectivity index (χ0n) is 10.3. The van der Waals surface area contributed by atoms with Crippen LogP contribution in [-0.4, -0.2) is 22.8 Å². The van der Waals surface area contributed by atoms with Crippen LogP contribution in [0.1, 0.15) is 18.9 Å². The molecule has 1 aromatic heterocycles. The topological polar surface area (TPSA) is 37.2 Å². The fourth-order valence-electron chi connectivity index (χ4n) is 2.19. The van der Waals surface area contributed by atoms with Crippen molar-refractivity contribution in [1.82, 2.24) is 9.88 Å². The smallest absolute Gasteiger partial charge is 0.0556 e. The van der Waals surface area contributed by atoms with Gasteiger partial charge in [0.25, 0.3) is 0 Å². The van der Waals surface area contributed by atoms with Crippen LogP contribution in [0.3, 0.4) is 0 Å². The Morgan fingerprint density at radius 2 is 2.12 bits per heavy atom. The van der Waals surface area contributed by atoms with Crippen LogP contribution in [0.15, 0.2) is 30.5 Å². The van der Waals surface area contributed by atoms with Gasteiger partial charge in [0, 0.05) is 36.7 Å². The van der Waals surface area contributed by atoms with Crippen LogP contribution in [0.4, 0.5) is 0 Å². The molecule has 0 radical (unpaired) electrons. The van der Waals surface area contributed by atoms with Crippen LogP contribution >= 0.6 is 0 Å². The normalized spacial score (nSPS) is 11.2. The van der Waals surface area contributed by atoms with Crippen LogP contribution < -0.4 is 5.32 Å². The summed E-state index contributed by atoms with van der Waals surface area (Å²) in [5.74, 6) is 0. The Morgan fingerprint density at radius 3 is 2.88 bits per heavy atom. The largest absolute Gasteiger partial charge is 0.395 e. The van der Waals surface area contributed by atoms with Crippen molar-refractivity contribution in [3.05, 3.63) is 36.0 Å². The summed E-state index contributed by atoms with van der Waals surface area (Å²) in [6, 6.07) is 8.49. The summed E-state index contributed by atoms with van der Waals surface area (Å²) in [7, 11) is 0. The van der Waals surface area contributed by atoms with Gasteiger partial charge < -0.3 is 15.0 Å². The summed E-state index contributed by atoms with van der Waals surface area (Å²) >= 11 is 0. The van der Waals surface area contributed by atoms with Gasteiger partial charge in [-0.1, -0.05) is 25.1 Å². The van der Waals surface area contributed by atoms with Crippen molar-refractivity contribution in [2.45, 2.75) is 26.4 Å². The van der Waals surface area contributed by atoms with Crippen molar-refractivity contribution < 1.29 is 5.11 Å². The highest BCUT2D eigenvalue weighted by atomic mass is 16.3. The van der Waals surface area contributed by atoms with Crippen LogP contribution in [0.25, 0.3) is 10.9 Å². The summed E-state index contributed by atoms with van der Waals surface area (Å²) in [4.78, 5) is 0. The molecule has 1 heterocycles. The Balaban J connectivity index is 2.28. The minimum absolute atomic E-state index is 0.188. The van der Waals surface area contributed by atoms with Gasteiger partial charge in [-0.05, 0) is 18.1 Å². The van der Waals surface area contributed by atoms with Gasteiger partial charge >= 0.3 is 0 Å². The van der Waals surface area contributed by atoms with Crippen molar-refractivity contribution in [3.8, 4) is 0 Å². The molecular weight excluding hydrogens is 212 g/mol. The van der Waals surface area contributed by atoms with Gasteiger partial charge in [-0.3, -0.25) is 0 Å². The van der Waals surface area contributed by atoms with E-state index in [-0.39, 0.29) is 6.61 Å². The molecule has 0 atom stereocenters. The number of aromatic nitrogens is 1. The predicted molar refractivity (Wildman–Crippen MR) is 71.0 cm³/mol. The van der Waals surface area contributed by atoms with Gasteiger partial charge in [0.05, 0.1) is 6.61 Å². The quantitative estimate of drug-likeness (QED) is 0.749. The SMILES string of the molecule is CCCn1cc(CNCCO)c2ccccc21. The van der Waals surface area contributed by atoms with E-state index in [4.69, 9.17) is 5.11 Å². The minimum Gasteiger partial charge on any atom is -0.395 e. The second-order valence-electron chi connectivity index (χ2n) is 4.27. The number of nitrogens with one attached hydrogen (secondary N) is 1. The fourth-order valence-corrected chi connectivity index (χ4v) is 2.19. The van der Waals surface area contributed by atoms with Crippen LogP contribution in [0.5, 0.6) is 0 Å². The lowest BCUT2D eigenvalue weighted by molar-refractivity contribution is 0.292. The number of fused-ring (bicyclic) bond motifs is 1. The van der Waals surface area contributed by atoms with Gasteiger partial charge in [0.1, 0.15) is 0 Å². The van der Waals surface area contributed by atoms with Crippen molar-refractivity contribution in [2.24, 2.45) is 0 Å². The summed E-state index contributed by atoms with van der Waals surface area (Å²) in [6.45, 7) is 4.90. The molecule has 17 heavy (non-hydrogen) atoms. The van der Waals surface area contributed by atoms with E-state index in [1.165, 1.54) is 16.5 Å². The first kappa shape index (κ1) is 12.1. The number of hydrogen-bond acceptors (Lipinski definition) is 2. The number of para-hydroxylation sites is 1. The molecule has 0 aliphatic rings. The standard InChI is InChI=1S/C14H20N2O/c1-2-8-16-11-12(10-15-7-9-17)13-5-3-4-6-14(13)16/h3-6,11,15,17H,2,7-10H2,1H3. The number of nitrogens with zero attached hydrogens (tertiary/aromatic N) is 1. The molecule has 2 N–H and O–H groups in total. The van der Waals surface area contributed by atoms with E-state index >= 15 is 0 Å². The number of hydrogen-bond donors (Lipinski definition) is 2. The Labute approximate surface area is 102 Å². The Hall–Kier alpha value is -1.32. The van der Waals surface area contributed by atoms with E-state index in [9.17, 15) is 0 Å². The number of aliphatic hydroxyl groups is 1. The average molecular weight is 232 g/mol. The summed E-state index contributed by atoms with van der Waals surface area (Å²) in [5, 5.41) is 13.3. The molecule has 0 aliphatic heterocycles. The molecule has 2 rings (SSSR count). The molecule has 1 aromatic carbocycles.